The number of hydrogen-bond donors (Lipinski definition) is 0. The van der Waals surface area contributed by atoms with E-state index in [0.717, 1.165) is 5.57 Å². The van der Waals surface area contributed by atoms with Gasteiger partial charge in [-0.2, -0.15) is 0 Å². The Morgan fingerprint density at radius 2 is 2.08 bits per heavy atom. The molecule has 3 heteroatoms. The normalized spacial score (nSPS) is 11.8. The minimum absolute atomic E-state index is 0.320. The highest BCUT2D eigenvalue weighted by molar-refractivity contribution is 5.66. The van der Waals surface area contributed by atoms with Crippen LogP contribution < -0.4 is 0 Å². The van der Waals surface area contributed by atoms with Gasteiger partial charge in [-0.3, -0.25) is 4.79 Å². The third kappa shape index (κ3) is 6.86. The molecule has 0 amide bonds. The van der Waals surface area contributed by atoms with Gasteiger partial charge in [0.05, 0.1) is 19.1 Å². The third-order valence-electron chi connectivity index (χ3n) is 1.00. The van der Waals surface area contributed by atoms with Crippen molar-refractivity contribution in [1.29, 1.82) is 0 Å². The van der Waals surface area contributed by atoms with Gasteiger partial charge in [-0.15, -0.1) is 0 Å². The van der Waals surface area contributed by atoms with Gasteiger partial charge in [0.2, 0.25) is 0 Å². The number of carbonyl (C=O) groups excluding carboxylic acids is 1. The maximum atomic E-state index is 10.4. The highest BCUT2D eigenvalue weighted by Crippen LogP contribution is 1.95. The Hall–Kier alpha value is -1.25. The van der Waals surface area contributed by atoms with Crippen molar-refractivity contribution in [2.75, 3.05) is 6.61 Å². The molecule has 0 bridgehead atoms. The monoisotopic (exact) mass is 170 g/mol. The summed E-state index contributed by atoms with van der Waals surface area (Å²) in [5.41, 5.74) is 0.832. The molecule has 3 nitrogen and oxygen atoms in total. The van der Waals surface area contributed by atoms with Crippen LogP contribution in [0, 0.1) is 0 Å². The maximum Gasteiger partial charge on any atom is 0.307 e. The zero-order valence-corrected chi connectivity index (χ0v) is 7.66. The van der Waals surface area contributed by atoms with Crippen LogP contribution >= 0.6 is 0 Å². The van der Waals surface area contributed by atoms with Crippen LogP contribution in [0.5, 0.6) is 0 Å². The van der Waals surface area contributed by atoms with Crippen molar-refractivity contribution < 1.29 is 14.3 Å². The lowest BCUT2D eigenvalue weighted by Gasteiger charge is -1.94. The first-order chi connectivity index (χ1) is 5.66. The minimum Gasteiger partial charge on any atom is -0.501 e. The second-order valence-electron chi connectivity index (χ2n) is 2.23. The largest absolute Gasteiger partial charge is 0.501 e. The quantitative estimate of drug-likeness (QED) is 0.368. The fourth-order valence-electron chi connectivity index (χ4n) is 0.467. The van der Waals surface area contributed by atoms with E-state index in [1.54, 1.807) is 12.3 Å². The predicted molar refractivity (Wildman–Crippen MR) is 46.3 cm³/mol. The van der Waals surface area contributed by atoms with Gasteiger partial charge in [0.1, 0.15) is 0 Å². The van der Waals surface area contributed by atoms with Crippen molar-refractivity contribution in [2.24, 2.45) is 0 Å². The third-order valence-corrected chi connectivity index (χ3v) is 1.00. The lowest BCUT2D eigenvalue weighted by molar-refractivity contribution is -0.135. The Morgan fingerprint density at radius 1 is 1.42 bits per heavy atom. The van der Waals surface area contributed by atoms with Crippen molar-refractivity contribution in [3.8, 4) is 0 Å². The summed E-state index contributed by atoms with van der Waals surface area (Å²) in [4.78, 5) is 10.4. The van der Waals surface area contributed by atoms with E-state index >= 15 is 0 Å². The minimum atomic E-state index is -0.320. The van der Waals surface area contributed by atoms with E-state index in [2.05, 4.69) is 4.74 Å². The highest BCUT2D eigenvalue weighted by Gasteiger charge is 1.87. The number of esters is 1. The molecule has 0 aromatic rings. The van der Waals surface area contributed by atoms with Gasteiger partial charge in [0.25, 0.3) is 0 Å². The Morgan fingerprint density at radius 3 is 2.58 bits per heavy atom. The van der Waals surface area contributed by atoms with Gasteiger partial charge >= 0.3 is 5.97 Å². The van der Waals surface area contributed by atoms with Gasteiger partial charge in [-0.1, -0.05) is 0 Å². The molecule has 0 aliphatic heterocycles. The van der Waals surface area contributed by atoms with E-state index in [0.29, 0.717) is 6.61 Å². The number of allylic oxidation sites excluding steroid dienone is 2. The molecule has 0 aliphatic rings. The Labute approximate surface area is 72.7 Å². The first kappa shape index (κ1) is 10.8. The average Bonchev–Trinajstić information content (AvgIpc) is 2.01. The van der Waals surface area contributed by atoms with Gasteiger partial charge in [0.15, 0.2) is 0 Å². The summed E-state index contributed by atoms with van der Waals surface area (Å²) in [5.74, 6) is -0.320. The van der Waals surface area contributed by atoms with E-state index < -0.39 is 0 Å². The molecule has 0 heterocycles. The SMILES string of the molecule is CCOC=CC(C)=COC(C)=O. The van der Waals surface area contributed by atoms with Crippen LogP contribution in [-0.2, 0) is 14.3 Å². The summed E-state index contributed by atoms with van der Waals surface area (Å²) in [5, 5.41) is 0. The summed E-state index contributed by atoms with van der Waals surface area (Å²) < 4.78 is 9.58. The lowest BCUT2D eigenvalue weighted by atomic mass is 10.3. The number of ether oxygens (including phenoxy) is 2. The van der Waals surface area contributed by atoms with Crippen molar-refractivity contribution in [2.45, 2.75) is 20.8 Å². The molecule has 0 aromatic carbocycles. The molecule has 0 saturated carbocycles. The van der Waals surface area contributed by atoms with Gasteiger partial charge in [-0.05, 0) is 25.5 Å². The van der Waals surface area contributed by atoms with E-state index in [4.69, 9.17) is 4.74 Å². The summed E-state index contributed by atoms with van der Waals surface area (Å²) >= 11 is 0. The molecule has 0 rings (SSSR count). The standard InChI is InChI=1S/C9H14O3/c1-4-11-6-5-8(2)7-12-9(3)10/h5-7H,4H2,1-3H3. The molecule has 12 heavy (non-hydrogen) atoms. The summed E-state index contributed by atoms with van der Waals surface area (Å²) in [6.07, 6.45) is 4.68. The van der Waals surface area contributed by atoms with Crippen LogP contribution in [0.4, 0.5) is 0 Å². The molecule has 0 unspecified atom stereocenters. The Bertz CT molecular complexity index is 192. The molecule has 0 N–H and O–H groups in total. The fraction of sp³-hybridized carbons (Fsp3) is 0.444. The van der Waals surface area contributed by atoms with Gasteiger partial charge in [-0.25, -0.2) is 0 Å². The smallest absolute Gasteiger partial charge is 0.307 e. The number of hydrogen-bond acceptors (Lipinski definition) is 3. The zero-order valence-electron chi connectivity index (χ0n) is 7.66. The van der Waals surface area contributed by atoms with Crippen LogP contribution in [0.1, 0.15) is 20.8 Å². The summed E-state index contributed by atoms with van der Waals surface area (Å²) in [7, 11) is 0. The summed E-state index contributed by atoms with van der Waals surface area (Å²) in [6, 6.07) is 0. The van der Waals surface area contributed by atoms with Crippen LogP contribution in [0.3, 0.4) is 0 Å². The molecule has 0 aromatic heterocycles. The maximum absolute atomic E-state index is 10.4. The van der Waals surface area contributed by atoms with Gasteiger partial charge in [0, 0.05) is 6.92 Å². The molecular formula is C9H14O3. The number of rotatable bonds is 4. The lowest BCUT2D eigenvalue weighted by Crippen LogP contribution is -1.90. The Kier molecular flexibility index (Phi) is 5.79. The molecule has 68 valence electrons. The molecule has 0 aliphatic carbocycles. The Balaban J connectivity index is 3.76. The molecule has 0 fully saturated rings. The van der Waals surface area contributed by atoms with E-state index in [-0.39, 0.29) is 5.97 Å². The molecular weight excluding hydrogens is 156 g/mol. The van der Waals surface area contributed by atoms with Crippen LogP contribution in [0.15, 0.2) is 24.2 Å². The van der Waals surface area contributed by atoms with Crippen LogP contribution in [0.2, 0.25) is 0 Å². The predicted octanol–water partition coefficient (Wildman–Crippen LogP) is 2.00. The average molecular weight is 170 g/mol. The van der Waals surface area contributed by atoms with Crippen LogP contribution in [-0.4, -0.2) is 12.6 Å². The molecule has 0 saturated heterocycles. The van der Waals surface area contributed by atoms with E-state index in [1.165, 1.54) is 13.2 Å². The van der Waals surface area contributed by atoms with Crippen LogP contribution in [0.25, 0.3) is 0 Å². The fourth-order valence-corrected chi connectivity index (χ4v) is 0.467. The van der Waals surface area contributed by atoms with Crippen molar-refractivity contribution in [3.05, 3.63) is 24.2 Å². The van der Waals surface area contributed by atoms with Gasteiger partial charge < -0.3 is 9.47 Å². The molecule has 0 radical (unpaired) electrons. The first-order valence-corrected chi connectivity index (χ1v) is 3.79. The number of carbonyl (C=O) groups is 1. The first-order valence-electron chi connectivity index (χ1n) is 3.79. The van der Waals surface area contributed by atoms with E-state index in [9.17, 15) is 4.79 Å². The second kappa shape index (κ2) is 6.46. The highest BCUT2D eigenvalue weighted by atomic mass is 16.5. The molecule has 0 spiro atoms. The topological polar surface area (TPSA) is 35.5 Å². The van der Waals surface area contributed by atoms with E-state index in [1.807, 2.05) is 13.8 Å². The summed E-state index contributed by atoms with van der Waals surface area (Å²) in [6.45, 7) is 5.71. The van der Waals surface area contributed by atoms with Crippen molar-refractivity contribution in [1.82, 2.24) is 0 Å². The molecule has 0 atom stereocenters. The zero-order chi connectivity index (χ0) is 9.40. The van der Waals surface area contributed by atoms with Crippen molar-refractivity contribution in [3.63, 3.8) is 0 Å². The van der Waals surface area contributed by atoms with Crippen molar-refractivity contribution >= 4 is 5.97 Å². The second-order valence-corrected chi connectivity index (χ2v) is 2.23.